The largest absolute Gasteiger partial charge is 0.496 e. The molecule has 0 bridgehead atoms. The third-order valence-corrected chi connectivity index (χ3v) is 3.54. The Balaban J connectivity index is 2.34. The van der Waals surface area contributed by atoms with Crippen molar-refractivity contribution >= 4 is 5.69 Å². The molecular formula is C14H21NO2. The van der Waals surface area contributed by atoms with E-state index in [0.717, 1.165) is 42.9 Å². The van der Waals surface area contributed by atoms with Crippen LogP contribution in [0.3, 0.4) is 0 Å². The molecule has 0 amide bonds. The predicted octanol–water partition coefficient (Wildman–Crippen LogP) is 2.52. The summed E-state index contributed by atoms with van der Waals surface area (Å²) in [7, 11) is 1.66. The van der Waals surface area contributed by atoms with Crippen molar-refractivity contribution in [2.45, 2.75) is 32.3 Å². The van der Waals surface area contributed by atoms with Crippen LogP contribution in [-0.4, -0.2) is 25.3 Å². The van der Waals surface area contributed by atoms with Gasteiger partial charge < -0.3 is 14.7 Å². The van der Waals surface area contributed by atoms with Crippen LogP contribution < -0.4 is 9.64 Å². The van der Waals surface area contributed by atoms with Crippen molar-refractivity contribution in [1.29, 1.82) is 0 Å². The van der Waals surface area contributed by atoms with Crippen molar-refractivity contribution in [3.05, 3.63) is 23.8 Å². The predicted molar refractivity (Wildman–Crippen MR) is 69.7 cm³/mol. The first-order chi connectivity index (χ1) is 8.14. The summed E-state index contributed by atoms with van der Waals surface area (Å²) >= 11 is 0. The van der Waals surface area contributed by atoms with Crippen LogP contribution >= 0.6 is 0 Å². The topological polar surface area (TPSA) is 32.7 Å². The summed E-state index contributed by atoms with van der Waals surface area (Å²) in [6, 6.07) is 6.10. The van der Waals surface area contributed by atoms with Gasteiger partial charge >= 0.3 is 0 Å². The number of hydrogen-bond donors (Lipinski definition) is 1. The van der Waals surface area contributed by atoms with Crippen LogP contribution in [0.15, 0.2) is 18.2 Å². The quantitative estimate of drug-likeness (QED) is 0.851. The summed E-state index contributed by atoms with van der Waals surface area (Å²) < 4.78 is 5.40. The minimum absolute atomic E-state index is 0.632. The Morgan fingerprint density at radius 3 is 2.41 bits per heavy atom. The van der Waals surface area contributed by atoms with E-state index < -0.39 is 5.60 Å². The normalized spacial score (nSPS) is 16.7. The molecule has 1 aromatic rings. The summed E-state index contributed by atoms with van der Waals surface area (Å²) in [6.45, 7) is 6.23. The Bertz CT molecular complexity index is 395. The maximum Gasteiger partial charge on any atom is 0.127 e. The van der Waals surface area contributed by atoms with Crippen LogP contribution in [0.1, 0.15) is 32.3 Å². The second kappa shape index (κ2) is 4.57. The molecule has 0 unspecified atom stereocenters. The summed E-state index contributed by atoms with van der Waals surface area (Å²) in [5.74, 6) is 0.800. The molecule has 1 aliphatic rings. The van der Waals surface area contributed by atoms with Crippen LogP contribution in [0.5, 0.6) is 5.75 Å². The zero-order valence-corrected chi connectivity index (χ0v) is 10.9. The lowest BCUT2D eigenvalue weighted by molar-refractivity contribution is 0.147. The fraction of sp³-hybridized carbons (Fsp3) is 0.571. The van der Waals surface area contributed by atoms with Gasteiger partial charge in [0.25, 0.3) is 0 Å². The van der Waals surface area contributed by atoms with Gasteiger partial charge in [-0.3, -0.25) is 0 Å². The van der Waals surface area contributed by atoms with Crippen LogP contribution in [0.2, 0.25) is 0 Å². The van der Waals surface area contributed by atoms with E-state index in [1.165, 1.54) is 0 Å². The molecule has 0 atom stereocenters. The Labute approximate surface area is 103 Å². The van der Waals surface area contributed by atoms with Crippen LogP contribution in [-0.2, 0) is 5.60 Å². The highest BCUT2D eigenvalue weighted by Gasteiger charge is 2.44. The van der Waals surface area contributed by atoms with Gasteiger partial charge in [0.05, 0.1) is 12.7 Å². The Hall–Kier alpha value is -1.22. The molecule has 0 aliphatic heterocycles. The van der Waals surface area contributed by atoms with Crippen LogP contribution in [0, 0.1) is 0 Å². The molecule has 3 heteroatoms. The molecule has 1 aliphatic carbocycles. The van der Waals surface area contributed by atoms with E-state index in [1.807, 2.05) is 12.1 Å². The molecule has 2 rings (SSSR count). The first kappa shape index (κ1) is 12.2. The number of rotatable bonds is 5. The van der Waals surface area contributed by atoms with Crippen molar-refractivity contribution in [2.24, 2.45) is 0 Å². The monoisotopic (exact) mass is 235 g/mol. The second-order valence-electron chi connectivity index (χ2n) is 4.59. The van der Waals surface area contributed by atoms with Gasteiger partial charge in [-0.1, -0.05) is 6.07 Å². The lowest BCUT2D eigenvalue weighted by Crippen LogP contribution is -2.22. The van der Waals surface area contributed by atoms with Crippen molar-refractivity contribution in [1.82, 2.24) is 0 Å². The molecule has 17 heavy (non-hydrogen) atoms. The first-order valence-corrected chi connectivity index (χ1v) is 6.30. The smallest absolute Gasteiger partial charge is 0.127 e. The van der Waals surface area contributed by atoms with Gasteiger partial charge in [-0.25, -0.2) is 0 Å². The highest BCUT2D eigenvalue weighted by Crippen LogP contribution is 2.49. The molecule has 1 fully saturated rings. The number of benzene rings is 1. The van der Waals surface area contributed by atoms with Crippen molar-refractivity contribution in [2.75, 3.05) is 25.1 Å². The minimum Gasteiger partial charge on any atom is -0.496 e. The number of methoxy groups -OCH3 is 1. The highest BCUT2D eigenvalue weighted by atomic mass is 16.5. The summed E-state index contributed by atoms with van der Waals surface area (Å²) in [5, 5.41) is 10.2. The average Bonchev–Trinajstić information content (AvgIpc) is 3.10. The highest BCUT2D eigenvalue weighted by molar-refractivity contribution is 5.56. The third kappa shape index (κ3) is 2.25. The van der Waals surface area contributed by atoms with Gasteiger partial charge in [-0.05, 0) is 32.8 Å². The molecule has 0 spiro atoms. The number of anilines is 1. The lowest BCUT2D eigenvalue weighted by atomic mass is 10.1. The number of nitrogens with zero attached hydrogens (tertiary/aromatic N) is 1. The van der Waals surface area contributed by atoms with Crippen molar-refractivity contribution < 1.29 is 9.84 Å². The molecule has 1 N–H and O–H groups in total. The molecule has 94 valence electrons. The minimum atomic E-state index is -0.632. The van der Waals surface area contributed by atoms with Crippen molar-refractivity contribution in [3.8, 4) is 5.75 Å². The van der Waals surface area contributed by atoms with Gasteiger partial charge in [-0.15, -0.1) is 0 Å². The molecule has 0 heterocycles. The molecule has 0 saturated heterocycles. The van der Waals surface area contributed by atoms with E-state index in [9.17, 15) is 5.11 Å². The Morgan fingerprint density at radius 1 is 1.29 bits per heavy atom. The summed E-state index contributed by atoms with van der Waals surface area (Å²) in [4.78, 5) is 2.27. The molecule has 1 aromatic carbocycles. The summed E-state index contributed by atoms with van der Waals surface area (Å²) in [5.41, 5.74) is 1.45. The number of hydrogen-bond acceptors (Lipinski definition) is 3. The fourth-order valence-corrected chi connectivity index (χ4v) is 2.24. The summed E-state index contributed by atoms with van der Waals surface area (Å²) in [6.07, 6.45) is 1.68. The molecule has 0 aromatic heterocycles. The van der Waals surface area contributed by atoms with E-state index >= 15 is 0 Å². The van der Waals surface area contributed by atoms with Crippen molar-refractivity contribution in [3.63, 3.8) is 0 Å². The van der Waals surface area contributed by atoms with Gasteiger partial charge in [0.15, 0.2) is 0 Å². The molecular weight excluding hydrogens is 214 g/mol. The number of ether oxygens (including phenoxy) is 1. The van der Waals surface area contributed by atoms with E-state index in [1.54, 1.807) is 7.11 Å². The van der Waals surface area contributed by atoms with Gasteiger partial charge in [0.2, 0.25) is 0 Å². The fourth-order valence-electron chi connectivity index (χ4n) is 2.24. The SMILES string of the molecule is CCN(CC)c1ccc(C2(O)CC2)c(OC)c1. The van der Waals surface area contributed by atoms with Gasteiger partial charge in [0.1, 0.15) is 5.75 Å². The van der Waals surface area contributed by atoms with Crippen LogP contribution in [0.4, 0.5) is 5.69 Å². The zero-order valence-electron chi connectivity index (χ0n) is 10.9. The Kier molecular flexibility index (Phi) is 3.29. The maximum absolute atomic E-state index is 10.2. The second-order valence-corrected chi connectivity index (χ2v) is 4.59. The van der Waals surface area contributed by atoms with E-state index in [0.29, 0.717) is 0 Å². The zero-order chi connectivity index (χ0) is 12.5. The number of aliphatic hydroxyl groups is 1. The first-order valence-electron chi connectivity index (χ1n) is 6.30. The average molecular weight is 235 g/mol. The Morgan fingerprint density at radius 2 is 1.94 bits per heavy atom. The maximum atomic E-state index is 10.2. The van der Waals surface area contributed by atoms with Crippen LogP contribution in [0.25, 0.3) is 0 Å². The van der Waals surface area contributed by atoms with Gasteiger partial charge in [0, 0.05) is 30.4 Å². The van der Waals surface area contributed by atoms with E-state index in [2.05, 4.69) is 24.8 Å². The standard InChI is InChI=1S/C14H21NO2/c1-4-15(5-2)11-6-7-12(13(10-11)17-3)14(16)8-9-14/h6-7,10,16H,4-5,8-9H2,1-3H3. The van der Waals surface area contributed by atoms with E-state index in [-0.39, 0.29) is 0 Å². The van der Waals surface area contributed by atoms with E-state index in [4.69, 9.17) is 4.74 Å². The lowest BCUT2D eigenvalue weighted by Gasteiger charge is -2.23. The molecule has 3 nitrogen and oxygen atoms in total. The molecule has 0 radical (unpaired) electrons. The third-order valence-electron chi connectivity index (χ3n) is 3.54. The molecule has 1 saturated carbocycles. The van der Waals surface area contributed by atoms with Gasteiger partial charge in [-0.2, -0.15) is 0 Å².